The third-order valence-electron chi connectivity index (χ3n) is 3.35. The van der Waals surface area contributed by atoms with Gasteiger partial charge >= 0.3 is 0 Å². The molecule has 0 bridgehead atoms. The van der Waals surface area contributed by atoms with Crippen molar-refractivity contribution in [2.24, 2.45) is 0 Å². The van der Waals surface area contributed by atoms with Crippen LogP contribution in [0.15, 0.2) is 36.4 Å². The van der Waals surface area contributed by atoms with Crippen molar-refractivity contribution in [2.75, 3.05) is 11.9 Å². The van der Waals surface area contributed by atoms with Gasteiger partial charge in [-0.2, -0.15) is 0 Å². The SMILES string of the molecule is CCOCc1ccccc1CNc1ccc2nc(C)nn2n1. The summed E-state index contributed by atoms with van der Waals surface area (Å²) in [6, 6.07) is 12.1. The average Bonchev–Trinajstić information content (AvgIpc) is 2.91. The van der Waals surface area contributed by atoms with Crippen molar-refractivity contribution in [3.05, 3.63) is 53.3 Å². The average molecular weight is 297 g/mol. The second kappa shape index (κ2) is 6.53. The standard InChI is InChI=1S/C16H19N5O/c1-3-22-11-14-7-5-4-6-13(14)10-17-15-8-9-16-18-12(2)19-21(16)20-15/h4-9H,3,10-11H2,1-2H3,(H,17,20). The summed E-state index contributed by atoms with van der Waals surface area (Å²) in [5.74, 6) is 1.48. The van der Waals surface area contributed by atoms with Gasteiger partial charge in [0.25, 0.3) is 0 Å². The van der Waals surface area contributed by atoms with Gasteiger partial charge in [-0.15, -0.1) is 14.8 Å². The summed E-state index contributed by atoms with van der Waals surface area (Å²) in [5, 5.41) is 11.9. The van der Waals surface area contributed by atoms with E-state index in [0.29, 0.717) is 25.6 Å². The molecule has 0 aliphatic heterocycles. The zero-order valence-electron chi connectivity index (χ0n) is 12.8. The molecular formula is C16H19N5O. The summed E-state index contributed by atoms with van der Waals surface area (Å²) in [5.41, 5.74) is 3.14. The molecule has 2 aromatic heterocycles. The Morgan fingerprint density at radius 3 is 2.73 bits per heavy atom. The van der Waals surface area contributed by atoms with Crippen LogP contribution in [0.5, 0.6) is 0 Å². The number of benzene rings is 1. The van der Waals surface area contributed by atoms with Crippen molar-refractivity contribution < 1.29 is 4.74 Å². The first-order valence-electron chi connectivity index (χ1n) is 7.35. The van der Waals surface area contributed by atoms with Crippen LogP contribution in [0.4, 0.5) is 5.82 Å². The molecule has 3 rings (SSSR count). The second-order valence-electron chi connectivity index (χ2n) is 4.98. The van der Waals surface area contributed by atoms with Crippen LogP contribution in [-0.4, -0.2) is 26.4 Å². The van der Waals surface area contributed by atoms with E-state index in [1.807, 2.05) is 38.1 Å². The van der Waals surface area contributed by atoms with Crippen LogP contribution in [0.1, 0.15) is 23.9 Å². The number of ether oxygens (including phenoxy) is 1. The lowest BCUT2D eigenvalue weighted by Gasteiger charge is -2.11. The number of hydrogen-bond acceptors (Lipinski definition) is 5. The number of hydrogen-bond donors (Lipinski definition) is 1. The minimum Gasteiger partial charge on any atom is -0.377 e. The topological polar surface area (TPSA) is 64.3 Å². The number of fused-ring (bicyclic) bond motifs is 1. The van der Waals surface area contributed by atoms with Crippen LogP contribution in [0.25, 0.3) is 5.65 Å². The normalized spacial score (nSPS) is 11.0. The third-order valence-corrected chi connectivity index (χ3v) is 3.35. The fraction of sp³-hybridized carbons (Fsp3) is 0.312. The van der Waals surface area contributed by atoms with Crippen molar-refractivity contribution in [3.8, 4) is 0 Å². The lowest BCUT2D eigenvalue weighted by Crippen LogP contribution is -2.07. The Morgan fingerprint density at radius 2 is 1.91 bits per heavy atom. The molecule has 3 aromatic rings. The van der Waals surface area contributed by atoms with Crippen molar-refractivity contribution in [2.45, 2.75) is 27.0 Å². The maximum Gasteiger partial charge on any atom is 0.176 e. The molecule has 2 heterocycles. The van der Waals surface area contributed by atoms with E-state index in [2.05, 4.69) is 32.6 Å². The maximum absolute atomic E-state index is 5.51. The van der Waals surface area contributed by atoms with Crippen LogP contribution in [0, 0.1) is 6.92 Å². The van der Waals surface area contributed by atoms with Crippen LogP contribution >= 0.6 is 0 Å². The molecule has 22 heavy (non-hydrogen) atoms. The van der Waals surface area contributed by atoms with E-state index in [-0.39, 0.29) is 0 Å². The molecular weight excluding hydrogens is 278 g/mol. The predicted octanol–water partition coefficient (Wildman–Crippen LogP) is 2.58. The zero-order chi connectivity index (χ0) is 15.4. The van der Waals surface area contributed by atoms with Crippen molar-refractivity contribution in [3.63, 3.8) is 0 Å². The summed E-state index contributed by atoms with van der Waals surface area (Å²) in [6.07, 6.45) is 0. The van der Waals surface area contributed by atoms with Gasteiger partial charge in [-0.05, 0) is 37.1 Å². The molecule has 0 saturated carbocycles. The summed E-state index contributed by atoms with van der Waals surface area (Å²) in [7, 11) is 0. The van der Waals surface area contributed by atoms with Gasteiger partial charge in [-0.3, -0.25) is 0 Å². The summed E-state index contributed by atoms with van der Waals surface area (Å²) in [6.45, 7) is 5.88. The van der Waals surface area contributed by atoms with Gasteiger partial charge < -0.3 is 10.1 Å². The first-order valence-corrected chi connectivity index (χ1v) is 7.35. The molecule has 0 spiro atoms. The van der Waals surface area contributed by atoms with Crippen LogP contribution in [0.3, 0.4) is 0 Å². The fourth-order valence-electron chi connectivity index (χ4n) is 2.25. The van der Waals surface area contributed by atoms with Gasteiger partial charge in [0.05, 0.1) is 6.61 Å². The molecule has 6 nitrogen and oxygen atoms in total. The van der Waals surface area contributed by atoms with E-state index in [0.717, 1.165) is 11.5 Å². The fourth-order valence-corrected chi connectivity index (χ4v) is 2.25. The van der Waals surface area contributed by atoms with E-state index in [1.54, 1.807) is 4.63 Å². The number of nitrogens with one attached hydrogen (secondary N) is 1. The lowest BCUT2D eigenvalue weighted by atomic mass is 10.1. The Hall–Kier alpha value is -2.47. The Morgan fingerprint density at radius 1 is 1.09 bits per heavy atom. The molecule has 0 aliphatic carbocycles. The smallest absolute Gasteiger partial charge is 0.176 e. The van der Waals surface area contributed by atoms with Gasteiger partial charge in [0, 0.05) is 13.2 Å². The van der Waals surface area contributed by atoms with E-state index in [1.165, 1.54) is 11.1 Å². The van der Waals surface area contributed by atoms with Gasteiger partial charge in [0.2, 0.25) is 0 Å². The zero-order valence-corrected chi connectivity index (χ0v) is 12.8. The molecule has 0 atom stereocenters. The molecule has 114 valence electrons. The molecule has 6 heteroatoms. The highest BCUT2D eigenvalue weighted by Gasteiger charge is 2.04. The summed E-state index contributed by atoms with van der Waals surface area (Å²) < 4.78 is 7.05. The third kappa shape index (κ3) is 3.23. The van der Waals surface area contributed by atoms with E-state index < -0.39 is 0 Å². The highest BCUT2D eigenvalue weighted by molar-refractivity contribution is 5.44. The first-order chi connectivity index (χ1) is 10.8. The van der Waals surface area contributed by atoms with Crippen molar-refractivity contribution >= 4 is 11.5 Å². The number of nitrogens with zero attached hydrogens (tertiary/aromatic N) is 4. The summed E-state index contributed by atoms with van der Waals surface area (Å²) >= 11 is 0. The molecule has 0 unspecified atom stereocenters. The molecule has 0 amide bonds. The Labute approximate surface area is 129 Å². The van der Waals surface area contributed by atoms with Gasteiger partial charge in [0.15, 0.2) is 5.65 Å². The Balaban J connectivity index is 1.73. The Bertz CT molecular complexity index is 768. The largest absolute Gasteiger partial charge is 0.377 e. The highest BCUT2D eigenvalue weighted by atomic mass is 16.5. The molecule has 0 radical (unpaired) electrons. The minimum atomic E-state index is 0.628. The lowest BCUT2D eigenvalue weighted by molar-refractivity contribution is 0.133. The molecule has 0 aliphatic rings. The molecule has 0 saturated heterocycles. The quantitative estimate of drug-likeness (QED) is 0.757. The maximum atomic E-state index is 5.51. The van der Waals surface area contributed by atoms with E-state index in [4.69, 9.17) is 4.74 Å². The first kappa shape index (κ1) is 14.5. The number of aryl methyl sites for hydroxylation is 1. The molecule has 1 N–H and O–H groups in total. The number of aromatic nitrogens is 4. The predicted molar refractivity (Wildman–Crippen MR) is 84.6 cm³/mol. The van der Waals surface area contributed by atoms with Crippen LogP contribution in [0.2, 0.25) is 0 Å². The van der Waals surface area contributed by atoms with Crippen LogP contribution in [-0.2, 0) is 17.9 Å². The van der Waals surface area contributed by atoms with Crippen molar-refractivity contribution in [1.82, 2.24) is 19.8 Å². The Kier molecular flexibility index (Phi) is 4.29. The monoisotopic (exact) mass is 297 g/mol. The molecule has 1 aromatic carbocycles. The van der Waals surface area contributed by atoms with Gasteiger partial charge in [-0.25, -0.2) is 4.98 Å². The minimum absolute atomic E-state index is 0.628. The second-order valence-corrected chi connectivity index (χ2v) is 4.98. The van der Waals surface area contributed by atoms with E-state index >= 15 is 0 Å². The van der Waals surface area contributed by atoms with Crippen LogP contribution < -0.4 is 5.32 Å². The van der Waals surface area contributed by atoms with E-state index in [9.17, 15) is 0 Å². The summed E-state index contributed by atoms with van der Waals surface area (Å²) in [4.78, 5) is 4.27. The number of rotatable bonds is 6. The van der Waals surface area contributed by atoms with Gasteiger partial charge in [-0.1, -0.05) is 24.3 Å². The van der Waals surface area contributed by atoms with Gasteiger partial charge in [0.1, 0.15) is 11.6 Å². The molecule has 0 fully saturated rings. The van der Waals surface area contributed by atoms with Crippen molar-refractivity contribution in [1.29, 1.82) is 0 Å². The highest BCUT2D eigenvalue weighted by Crippen LogP contribution is 2.13. The number of anilines is 1.